The summed E-state index contributed by atoms with van der Waals surface area (Å²) >= 11 is 1.07. The number of likely N-dealkylation sites (tertiary alicyclic amines) is 1. The van der Waals surface area contributed by atoms with Crippen LogP contribution >= 0.6 is 22.0 Å². The highest BCUT2D eigenvalue weighted by Crippen LogP contribution is 2.27. The van der Waals surface area contributed by atoms with Crippen LogP contribution in [0, 0.1) is 0 Å². The summed E-state index contributed by atoms with van der Waals surface area (Å²) in [6, 6.07) is 3.45. The standard InChI is InChI=1S/C12H16ClNO3S2/c1-2-9-4-3-7-14(9)11(15)8-10-5-6-12(18-10)19(13,16)17/h5-6,9H,2-4,7-8H2,1H3. The Morgan fingerprint density at radius 1 is 1.53 bits per heavy atom. The Hall–Kier alpha value is -0.590. The molecule has 1 aromatic rings. The predicted molar refractivity (Wildman–Crippen MR) is 76.1 cm³/mol. The first kappa shape index (κ1) is 14.8. The van der Waals surface area contributed by atoms with Gasteiger partial charge in [0.1, 0.15) is 4.21 Å². The maximum absolute atomic E-state index is 12.2. The lowest BCUT2D eigenvalue weighted by molar-refractivity contribution is -0.131. The summed E-state index contributed by atoms with van der Waals surface area (Å²) in [7, 11) is 1.58. The monoisotopic (exact) mass is 321 g/mol. The molecule has 0 bridgehead atoms. The highest BCUT2D eigenvalue weighted by atomic mass is 35.7. The maximum Gasteiger partial charge on any atom is 0.270 e. The number of carbonyl (C=O) groups is 1. The fraction of sp³-hybridized carbons (Fsp3) is 0.583. The average molecular weight is 322 g/mol. The predicted octanol–water partition coefficient (Wildman–Crippen LogP) is 2.62. The van der Waals surface area contributed by atoms with E-state index in [1.807, 2.05) is 4.90 Å². The molecule has 1 aliphatic rings. The second kappa shape index (κ2) is 5.81. The molecular formula is C12H16ClNO3S2. The lowest BCUT2D eigenvalue weighted by Crippen LogP contribution is -2.35. The van der Waals surface area contributed by atoms with E-state index in [0.29, 0.717) is 6.04 Å². The van der Waals surface area contributed by atoms with E-state index in [0.717, 1.165) is 42.0 Å². The Balaban J connectivity index is 2.05. The molecule has 1 amide bonds. The van der Waals surface area contributed by atoms with Crippen molar-refractivity contribution >= 4 is 37.0 Å². The Labute approximate surface area is 121 Å². The van der Waals surface area contributed by atoms with Crippen molar-refractivity contribution in [1.29, 1.82) is 0 Å². The zero-order chi connectivity index (χ0) is 14.0. The molecular weight excluding hydrogens is 306 g/mol. The molecule has 0 saturated carbocycles. The van der Waals surface area contributed by atoms with Gasteiger partial charge in [0.25, 0.3) is 9.05 Å². The fourth-order valence-corrected chi connectivity index (χ4v) is 4.54. The largest absolute Gasteiger partial charge is 0.339 e. The molecule has 1 fully saturated rings. The third kappa shape index (κ3) is 3.49. The van der Waals surface area contributed by atoms with Gasteiger partial charge in [-0.2, -0.15) is 0 Å². The molecule has 1 saturated heterocycles. The molecule has 2 rings (SSSR count). The number of halogens is 1. The third-order valence-corrected chi connectivity index (χ3v) is 6.55. The summed E-state index contributed by atoms with van der Waals surface area (Å²) in [5.74, 6) is 0.0738. The minimum absolute atomic E-state index is 0.0738. The Kier molecular flexibility index (Phi) is 4.53. The van der Waals surface area contributed by atoms with Gasteiger partial charge in [0.2, 0.25) is 5.91 Å². The molecule has 1 atom stereocenters. The van der Waals surface area contributed by atoms with Crippen molar-refractivity contribution in [3.63, 3.8) is 0 Å². The number of thiophene rings is 1. The van der Waals surface area contributed by atoms with Gasteiger partial charge in [0, 0.05) is 28.1 Å². The minimum Gasteiger partial charge on any atom is -0.339 e. The molecule has 1 unspecified atom stereocenters. The van der Waals surface area contributed by atoms with Gasteiger partial charge in [-0.25, -0.2) is 8.42 Å². The highest BCUT2D eigenvalue weighted by Gasteiger charge is 2.27. The normalized spacial score (nSPS) is 19.9. The zero-order valence-electron chi connectivity index (χ0n) is 10.6. The molecule has 4 nitrogen and oxygen atoms in total. The smallest absolute Gasteiger partial charge is 0.270 e. The summed E-state index contributed by atoms with van der Waals surface area (Å²) in [4.78, 5) is 14.8. The van der Waals surface area contributed by atoms with Crippen LogP contribution in [-0.4, -0.2) is 31.8 Å². The van der Waals surface area contributed by atoms with E-state index < -0.39 is 9.05 Å². The van der Waals surface area contributed by atoms with Crippen molar-refractivity contribution in [2.75, 3.05) is 6.54 Å². The van der Waals surface area contributed by atoms with Crippen LogP contribution < -0.4 is 0 Å². The topological polar surface area (TPSA) is 54.5 Å². The molecule has 0 N–H and O–H groups in total. The molecule has 0 spiro atoms. The summed E-state index contributed by atoms with van der Waals surface area (Å²) in [5, 5.41) is 0. The van der Waals surface area contributed by atoms with Gasteiger partial charge in [-0.1, -0.05) is 6.92 Å². The molecule has 2 heterocycles. The van der Waals surface area contributed by atoms with Crippen LogP contribution in [0.4, 0.5) is 0 Å². The number of nitrogens with zero attached hydrogens (tertiary/aromatic N) is 1. The first-order chi connectivity index (χ1) is 8.91. The van der Waals surface area contributed by atoms with Gasteiger partial charge in [-0.05, 0) is 31.4 Å². The van der Waals surface area contributed by atoms with E-state index in [1.165, 1.54) is 6.07 Å². The number of rotatable bonds is 4. The van der Waals surface area contributed by atoms with Crippen LogP contribution in [0.1, 0.15) is 31.1 Å². The first-order valence-corrected chi connectivity index (χ1v) is 9.37. The van der Waals surface area contributed by atoms with Crippen molar-refractivity contribution < 1.29 is 13.2 Å². The molecule has 0 aliphatic carbocycles. The van der Waals surface area contributed by atoms with E-state index in [-0.39, 0.29) is 16.5 Å². The lowest BCUT2D eigenvalue weighted by Gasteiger charge is -2.23. The summed E-state index contributed by atoms with van der Waals surface area (Å²) in [5.41, 5.74) is 0. The van der Waals surface area contributed by atoms with E-state index in [4.69, 9.17) is 10.7 Å². The lowest BCUT2D eigenvalue weighted by atomic mass is 10.1. The van der Waals surface area contributed by atoms with E-state index in [9.17, 15) is 13.2 Å². The minimum atomic E-state index is -3.69. The van der Waals surface area contributed by atoms with E-state index in [1.54, 1.807) is 6.07 Å². The number of hydrogen-bond donors (Lipinski definition) is 0. The second-order valence-electron chi connectivity index (χ2n) is 4.63. The third-order valence-electron chi connectivity index (χ3n) is 3.37. The summed E-state index contributed by atoms with van der Waals surface area (Å²) in [6.45, 7) is 2.89. The van der Waals surface area contributed by atoms with Crippen LogP contribution in [0.25, 0.3) is 0 Å². The molecule has 0 aromatic carbocycles. The van der Waals surface area contributed by atoms with Crippen molar-refractivity contribution in [3.8, 4) is 0 Å². The first-order valence-electron chi connectivity index (χ1n) is 6.24. The molecule has 106 valence electrons. The summed E-state index contributed by atoms with van der Waals surface area (Å²) < 4.78 is 22.4. The van der Waals surface area contributed by atoms with Gasteiger partial charge in [0.15, 0.2) is 0 Å². The maximum atomic E-state index is 12.2. The molecule has 7 heteroatoms. The average Bonchev–Trinajstić information content (AvgIpc) is 2.95. The Morgan fingerprint density at radius 2 is 2.26 bits per heavy atom. The van der Waals surface area contributed by atoms with E-state index in [2.05, 4.69) is 6.92 Å². The van der Waals surface area contributed by atoms with Gasteiger partial charge < -0.3 is 4.90 Å². The van der Waals surface area contributed by atoms with Crippen LogP contribution in [0.2, 0.25) is 0 Å². The SMILES string of the molecule is CCC1CCCN1C(=O)Cc1ccc(S(=O)(=O)Cl)s1. The van der Waals surface area contributed by atoms with E-state index >= 15 is 0 Å². The Morgan fingerprint density at radius 3 is 2.84 bits per heavy atom. The summed E-state index contributed by atoms with van der Waals surface area (Å²) in [6.07, 6.45) is 3.34. The van der Waals surface area contributed by atoms with Crippen molar-refractivity contribution in [1.82, 2.24) is 4.90 Å². The van der Waals surface area contributed by atoms with Crippen molar-refractivity contribution in [3.05, 3.63) is 17.0 Å². The Bertz CT molecular complexity index is 567. The van der Waals surface area contributed by atoms with Gasteiger partial charge in [-0.3, -0.25) is 4.79 Å². The fourth-order valence-electron chi connectivity index (χ4n) is 2.42. The van der Waals surface area contributed by atoms with Crippen LogP contribution in [0.3, 0.4) is 0 Å². The van der Waals surface area contributed by atoms with Crippen LogP contribution in [-0.2, 0) is 20.3 Å². The molecule has 1 aromatic heterocycles. The molecule has 19 heavy (non-hydrogen) atoms. The quantitative estimate of drug-likeness (QED) is 0.801. The van der Waals surface area contributed by atoms with Crippen molar-refractivity contribution in [2.45, 2.75) is 42.9 Å². The van der Waals surface area contributed by atoms with Gasteiger partial charge >= 0.3 is 0 Å². The highest BCUT2D eigenvalue weighted by molar-refractivity contribution is 8.15. The number of hydrogen-bond acceptors (Lipinski definition) is 4. The molecule has 1 aliphatic heterocycles. The zero-order valence-corrected chi connectivity index (χ0v) is 13.0. The second-order valence-corrected chi connectivity index (χ2v) is 8.59. The van der Waals surface area contributed by atoms with Gasteiger partial charge in [-0.15, -0.1) is 11.3 Å². The van der Waals surface area contributed by atoms with Crippen LogP contribution in [0.5, 0.6) is 0 Å². The van der Waals surface area contributed by atoms with Crippen LogP contribution in [0.15, 0.2) is 16.3 Å². The van der Waals surface area contributed by atoms with Gasteiger partial charge in [0.05, 0.1) is 6.42 Å². The number of amides is 1. The number of carbonyl (C=O) groups excluding carboxylic acids is 1. The molecule has 0 radical (unpaired) electrons. The van der Waals surface area contributed by atoms with Crippen molar-refractivity contribution in [2.24, 2.45) is 0 Å².